The predicted molar refractivity (Wildman–Crippen MR) is 77.0 cm³/mol. The van der Waals surface area contributed by atoms with Gasteiger partial charge >= 0.3 is 5.97 Å². The first-order chi connectivity index (χ1) is 8.86. The number of carbonyl (C=O) groups excluding carboxylic acids is 1. The molecule has 112 valence electrons. The molecule has 2 unspecified atom stereocenters. The maximum absolute atomic E-state index is 11.6. The van der Waals surface area contributed by atoms with Gasteiger partial charge in [-0.25, -0.2) is 0 Å². The molecule has 1 aliphatic heterocycles. The van der Waals surface area contributed by atoms with Crippen LogP contribution in [0, 0.1) is 0 Å². The lowest BCUT2D eigenvalue weighted by molar-refractivity contribution is -0.147. The fourth-order valence-electron chi connectivity index (χ4n) is 2.61. The van der Waals surface area contributed by atoms with E-state index in [0.717, 1.165) is 13.1 Å². The van der Waals surface area contributed by atoms with E-state index in [4.69, 9.17) is 10.5 Å². The zero-order valence-electron chi connectivity index (χ0n) is 12.8. The van der Waals surface area contributed by atoms with Crippen LogP contribution in [0.2, 0.25) is 0 Å². The van der Waals surface area contributed by atoms with Crippen molar-refractivity contribution in [2.45, 2.75) is 44.7 Å². The van der Waals surface area contributed by atoms with Gasteiger partial charge in [0.25, 0.3) is 0 Å². The van der Waals surface area contributed by atoms with E-state index in [2.05, 4.69) is 23.8 Å². The highest BCUT2D eigenvalue weighted by Gasteiger charge is 2.32. The molecular formula is C14H29N3O2. The molecule has 0 saturated carbocycles. The molecule has 0 aromatic rings. The third-order valence-corrected chi connectivity index (χ3v) is 4.09. The molecule has 0 aromatic carbocycles. The standard InChI is InChI=1S/C14H29N3O2/c1-12(11-14(2,15)13(18)19-4)16(3)9-10-17-7-5-6-8-17/h12H,5-11,15H2,1-4H3. The second-order valence-electron chi connectivity index (χ2n) is 5.99. The van der Waals surface area contributed by atoms with Crippen LogP contribution in [0.5, 0.6) is 0 Å². The van der Waals surface area contributed by atoms with Crippen molar-refractivity contribution in [2.75, 3.05) is 40.3 Å². The number of rotatable bonds is 7. The average Bonchev–Trinajstić information content (AvgIpc) is 2.87. The van der Waals surface area contributed by atoms with Crippen molar-refractivity contribution in [1.29, 1.82) is 0 Å². The minimum absolute atomic E-state index is 0.261. The summed E-state index contributed by atoms with van der Waals surface area (Å²) in [6.07, 6.45) is 3.25. The molecule has 0 bridgehead atoms. The lowest BCUT2D eigenvalue weighted by Gasteiger charge is -2.32. The van der Waals surface area contributed by atoms with Gasteiger partial charge in [-0.05, 0) is 53.2 Å². The number of carbonyl (C=O) groups is 1. The monoisotopic (exact) mass is 271 g/mol. The van der Waals surface area contributed by atoms with Crippen LogP contribution in [-0.2, 0) is 9.53 Å². The first-order valence-electron chi connectivity index (χ1n) is 7.16. The number of likely N-dealkylation sites (tertiary alicyclic amines) is 1. The van der Waals surface area contributed by atoms with Crippen molar-refractivity contribution in [2.24, 2.45) is 5.73 Å². The summed E-state index contributed by atoms with van der Waals surface area (Å²) >= 11 is 0. The van der Waals surface area contributed by atoms with Gasteiger partial charge in [-0.3, -0.25) is 4.79 Å². The number of hydrogen-bond acceptors (Lipinski definition) is 5. The topological polar surface area (TPSA) is 58.8 Å². The van der Waals surface area contributed by atoms with Crippen LogP contribution in [0.15, 0.2) is 0 Å². The van der Waals surface area contributed by atoms with Gasteiger partial charge in [0.1, 0.15) is 5.54 Å². The number of esters is 1. The molecule has 1 fully saturated rings. The lowest BCUT2D eigenvalue weighted by Crippen LogP contribution is -2.50. The van der Waals surface area contributed by atoms with Gasteiger partial charge in [0.05, 0.1) is 7.11 Å². The Balaban J connectivity index is 2.34. The van der Waals surface area contributed by atoms with E-state index >= 15 is 0 Å². The summed E-state index contributed by atoms with van der Waals surface area (Å²) in [6.45, 7) is 8.40. The van der Waals surface area contributed by atoms with E-state index < -0.39 is 5.54 Å². The summed E-state index contributed by atoms with van der Waals surface area (Å²) < 4.78 is 4.75. The Labute approximate surface area is 117 Å². The molecule has 5 nitrogen and oxygen atoms in total. The Hall–Kier alpha value is -0.650. The summed E-state index contributed by atoms with van der Waals surface area (Å²) in [5, 5.41) is 0. The fraction of sp³-hybridized carbons (Fsp3) is 0.929. The van der Waals surface area contributed by atoms with Crippen molar-refractivity contribution in [3.63, 3.8) is 0 Å². The number of methoxy groups -OCH3 is 1. The lowest BCUT2D eigenvalue weighted by atomic mass is 9.94. The maximum atomic E-state index is 11.6. The van der Waals surface area contributed by atoms with E-state index in [1.807, 2.05) is 0 Å². The van der Waals surface area contributed by atoms with Gasteiger partial charge in [-0.1, -0.05) is 0 Å². The maximum Gasteiger partial charge on any atom is 0.325 e. The predicted octanol–water partition coefficient (Wildman–Crippen LogP) is 0.683. The third-order valence-electron chi connectivity index (χ3n) is 4.09. The molecule has 0 spiro atoms. The molecule has 0 radical (unpaired) electrons. The highest BCUT2D eigenvalue weighted by atomic mass is 16.5. The molecule has 1 aliphatic rings. The molecule has 2 atom stereocenters. The zero-order valence-corrected chi connectivity index (χ0v) is 12.8. The molecular weight excluding hydrogens is 242 g/mol. The second-order valence-corrected chi connectivity index (χ2v) is 5.99. The number of hydrogen-bond donors (Lipinski definition) is 1. The van der Waals surface area contributed by atoms with E-state index in [1.54, 1.807) is 6.92 Å². The molecule has 1 rings (SSSR count). The quantitative estimate of drug-likeness (QED) is 0.690. The molecule has 0 amide bonds. The smallest absolute Gasteiger partial charge is 0.325 e. The van der Waals surface area contributed by atoms with Crippen LogP contribution in [0.4, 0.5) is 0 Å². The summed E-state index contributed by atoms with van der Waals surface area (Å²) in [4.78, 5) is 16.3. The van der Waals surface area contributed by atoms with Crippen molar-refractivity contribution in [3.8, 4) is 0 Å². The van der Waals surface area contributed by atoms with Gasteiger partial charge in [0.15, 0.2) is 0 Å². The van der Waals surface area contributed by atoms with Crippen LogP contribution >= 0.6 is 0 Å². The van der Waals surface area contributed by atoms with E-state index in [-0.39, 0.29) is 12.0 Å². The van der Waals surface area contributed by atoms with Crippen molar-refractivity contribution in [3.05, 3.63) is 0 Å². The SMILES string of the molecule is COC(=O)C(C)(N)CC(C)N(C)CCN1CCCC1. The van der Waals surface area contributed by atoms with E-state index in [0.29, 0.717) is 6.42 Å². The number of nitrogens with zero attached hydrogens (tertiary/aromatic N) is 2. The highest BCUT2D eigenvalue weighted by Crippen LogP contribution is 2.15. The van der Waals surface area contributed by atoms with Crippen LogP contribution in [0.25, 0.3) is 0 Å². The first kappa shape index (κ1) is 16.4. The van der Waals surface area contributed by atoms with Gasteiger partial charge in [-0.2, -0.15) is 0 Å². The van der Waals surface area contributed by atoms with Crippen LogP contribution < -0.4 is 5.73 Å². The Morgan fingerprint density at radius 2 is 2.05 bits per heavy atom. The highest BCUT2D eigenvalue weighted by molar-refractivity contribution is 5.79. The Kier molecular flexibility index (Phi) is 6.23. The van der Waals surface area contributed by atoms with Gasteiger partial charge in [0.2, 0.25) is 0 Å². The Morgan fingerprint density at radius 3 is 2.58 bits per heavy atom. The number of ether oxygens (including phenoxy) is 1. The number of nitrogens with two attached hydrogens (primary N) is 1. The van der Waals surface area contributed by atoms with Gasteiger partial charge < -0.3 is 20.3 Å². The van der Waals surface area contributed by atoms with Crippen molar-refractivity contribution >= 4 is 5.97 Å². The number of likely N-dealkylation sites (N-methyl/N-ethyl adjacent to an activating group) is 1. The molecule has 2 N–H and O–H groups in total. The summed E-state index contributed by atoms with van der Waals surface area (Å²) in [7, 11) is 3.48. The minimum Gasteiger partial charge on any atom is -0.468 e. The van der Waals surface area contributed by atoms with Crippen molar-refractivity contribution < 1.29 is 9.53 Å². The normalized spacial score (nSPS) is 21.4. The summed E-state index contributed by atoms with van der Waals surface area (Å²) in [6, 6.07) is 0.261. The van der Waals surface area contributed by atoms with Crippen LogP contribution in [-0.4, -0.2) is 67.7 Å². The average molecular weight is 271 g/mol. The molecule has 1 heterocycles. The summed E-state index contributed by atoms with van der Waals surface area (Å²) in [5.74, 6) is -0.340. The first-order valence-corrected chi connectivity index (χ1v) is 7.16. The molecule has 19 heavy (non-hydrogen) atoms. The Morgan fingerprint density at radius 1 is 1.47 bits per heavy atom. The largest absolute Gasteiger partial charge is 0.468 e. The van der Waals surface area contributed by atoms with Crippen LogP contribution in [0.1, 0.15) is 33.1 Å². The zero-order chi connectivity index (χ0) is 14.5. The Bertz CT molecular complexity index is 288. The molecule has 0 aliphatic carbocycles. The molecule has 0 aromatic heterocycles. The third kappa shape index (κ3) is 5.09. The van der Waals surface area contributed by atoms with Crippen molar-refractivity contribution in [1.82, 2.24) is 9.80 Å². The fourth-order valence-corrected chi connectivity index (χ4v) is 2.61. The van der Waals surface area contributed by atoms with Crippen LogP contribution in [0.3, 0.4) is 0 Å². The minimum atomic E-state index is -0.907. The van der Waals surface area contributed by atoms with Gasteiger partial charge in [0, 0.05) is 19.1 Å². The molecule has 1 saturated heterocycles. The van der Waals surface area contributed by atoms with E-state index in [1.165, 1.54) is 33.0 Å². The van der Waals surface area contributed by atoms with E-state index in [9.17, 15) is 4.79 Å². The second kappa shape index (κ2) is 7.22. The summed E-state index contributed by atoms with van der Waals surface area (Å²) in [5.41, 5.74) is 5.11. The molecule has 5 heteroatoms. The van der Waals surface area contributed by atoms with Gasteiger partial charge in [-0.15, -0.1) is 0 Å².